The SMILES string of the molecule is NC(CO)c1cc2nc(Cl)ccc2s1. The lowest BCUT2D eigenvalue weighted by molar-refractivity contribution is 0.269. The number of pyridine rings is 1. The molecule has 0 aliphatic carbocycles. The fraction of sp³-hybridized carbons (Fsp3) is 0.222. The molecule has 0 saturated heterocycles. The third kappa shape index (κ3) is 1.74. The van der Waals surface area contributed by atoms with Crippen LogP contribution in [-0.2, 0) is 0 Å². The average Bonchev–Trinajstić information content (AvgIpc) is 2.59. The molecule has 2 aromatic rings. The first-order chi connectivity index (χ1) is 6.70. The minimum atomic E-state index is -0.326. The van der Waals surface area contributed by atoms with Gasteiger partial charge in [-0.3, -0.25) is 0 Å². The molecule has 5 heteroatoms. The quantitative estimate of drug-likeness (QED) is 0.773. The van der Waals surface area contributed by atoms with Gasteiger partial charge in [0, 0.05) is 4.88 Å². The van der Waals surface area contributed by atoms with Crippen LogP contribution in [0.2, 0.25) is 5.15 Å². The maximum atomic E-state index is 8.90. The number of hydrogen-bond acceptors (Lipinski definition) is 4. The Morgan fingerprint density at radius 2 is 2.36 bits per heavy atom. The van der Waals surface area contributed by atoms with Gasteiger partial charge in [0.05, 0.1) is 22.9 Å². The van der Waals surface area contributed by atoms with Gasteiger partial charge >= 0.3 is 0 Å². The van der Waals surface area contributed by atoms with Crippen molar-refractivity contribution < 1.29 is 5.11 Å². The first-order valence-corrected chi connectivity index (χ1v) is 5.32. The first-order valence-electron chi connectivity index (χ1n) is 4.13. The van der Waals surface area contributed by atoms with E-state index >= 15 is 0 Å². The van der Waals surface area contributed by atoms with Crippen molar-refractivity contribution in [3.63, 3.8) is 0 Å². The van der Waals surface area contributed by atoms with Gasteiger partial charge in [0.1, 0.15) is 5.15 Å². The Hall–Kier alpha value is -0.680. The molecule has 3 N–H and O–H groups in total. The van der Waals surface area contributed by atoms with Gasteiger partial charge < -0.3 is 10.8 Å². The van der Waals surface area contributed by atoms with E-state index in [-0.39, 0.29) is 12.6 Å². The van der Waals surface area contributed by atoms with Crippen LogP contribution in [0.5, 0.6) is 0 Å². The molecule has 0 fully saturated rings. The lowest BCUT2D eigenvalue weighted by Gasteiger charge is -2.01. The van der Waals surface area contributed by atoms with E-state index in [9.17, 15) is 0 Å². The fourth-order valence-corrected chi connectivity index (χ4v) is 2.34. The summed E-state index contributed by atoms with van der Waals surface area (Å²) < 4.78 is 1.04. The van der Waals surface area contributed by atoms with Crippen molar-refractivity contribution in [2.24, 2.45) is 5.73 Å². The molecule has 2 aromatic heterocycles. The number of nitrogens with two attached hydrogens (primary N) is 1. The van der Waals surface area contributed by atoms with E-state index in [0.717, 1.165) is 15.1 Å². The van der Waals surface area contributed by atoms with E-state index in [1.807, 2.05) is 12.1 Å². The Labute approximate surface area is 90.1 Å². The Balaban J connectivity index is 2.51. The smallest absolute Gasteiger partial charge is 0.129 e. The van der Waals surface area contributed by atoms with Gasteiger partial charge in [-0.25, -0.2) is 4.98 Å². The molecule has 0 bridgehead atoms. The van der Waals surface area contributed by atoms with E-state index in [1.54, 1.807) is 6.07 Å². The van der Waals surface area contributed by atoms with Crippen LogP contribution in [0.3, 0.4) is 0 Å². The summed E-state index contributed by atoms with van der Waals surface area (Å²) in [5.41, 5.74) is 6.53. The van der Waals surface area contributed by atoms with Crippen molar-refractivity contribution in [1.82, 2.24) is 4.98 Å². The molecule has 1 unspecified atom stereocenters. The van der Waals surface area contributed by atoms with E-state index in [1.165, 1.54) is 11.3 Å². The second-order valence-corrected chi connectivity index (χ2v) is 4.46. The van der Waals surface area contributed by atoms with Gasteiger partial charge in [0.15, 0.2) is 0 Å². The predicted octanol–water partition coefficient (Wildman–Crippen LogP) is 1.94. The Bertz CT molecular complexity index is 457. The molecule has 2 heterocycles. The van der Waals surface area contributed by atoms with Gasteiger partial charge in [0.2, 0.25) is 0 Å². The van der Waals surface area contributed by atoms with Crippen LogP contribution in [-0.4, -0.2) is 16.7 Å². The lowest BCUT2D eigenvalue weighted by atomic mass is 10.2. The summed E-state index contributed by atoms with van der Waals surface area (Å²) in [5.74, 6) is 0. The van der Waals surface area contributed by atoms with Gasteiger partial charge in [-0.2, -0.15) is 0 Å². The van der Waals surface area contributed by atoms with Crippen LogP contribution in [0, 0.1) is 0 Å². The maximum absolute atomic E-state index is 8.90. The number of aliphatic hydroxyl groups is 1. The number of rotatable bonds is 2. The van der Waals surface area contributed by atoms with Crippen molar-refractivity contribution in [2.45, 2.75) is 6.04 Å². The second-order valence-electron chi connectivity index (χ2n) is 2.96. The molecule has 1 atom stereocenters. The van der Waals surface area contributed by atoms with E-state index in [4.69, 9.17) is 22.4 Å². The molecule has 0 aliphatic rings. The molecular formula is C9H9ClN2OS. The second kappa shape index (κ2) is 3.82. The van der Waals surface area contributed by atoms with Crippen LogP contribution in [0.25, 0.3) is 10.2 Å². The van der Waals surface area contributed by atoms with Crippen LogP contribution in [0.15, 0.2) is 18.2 Å². The molecule has 14 heavy (non-hydrogen) atoms. The molecule has 2 rings (SSSR count). The van der Waals surface area contributed by atoms with E-state index in [2.05, 4.69) is 4.98 Å². The molecular weight excluding hydrogens is 220 g/mol. The minimum Gasteiger partial charge on any atom is -0.394 e. The number of aliphatic hydroxyl groups excluding tert-OH is 1. The van der Waals surface area contributed by atoms with Crippen LogP contribution in [0.1, 0.15) is 10.9 Å². The van der Waals surface area contributed by atoms with Gasteiger partial charge in [0.25, 0.3) is 0 Å². The summed E-state index contributed by atoms with van der Waals surface area (Å²) in [5, 5.41) is 9.37. The first kappa shape index (κ1) is 9.86. The van der Waals surface area contributed by atoms with Crippen molar-refractivity contribution in [2.75, 3.05) is 6.61 Å². The van der Waals surface area contributed by atoms with Crippen LogP contribution in [0.4, 0.5) is 0 Å². The summed E-state index contributed by atoms with van der Waals surface area (Å²) in [6.07, 6.45) is 0. The molecule has 0 aliphatic heterocycles. The average molecular weight is 229 g/mol. The Morgan fingerprint density at radius 3 is 3.07 bits per heavy atom. The summed E-state index contributed by atoms with van der Waals surface area (Å²) in [7, 11) is 0. The highest BCUT2D eigenvalue weighted by molar-refractivity contribution is 7.19. The monoisotopic (exact) mass is 228 g/mol. The van der Waals surface area contributed by atoms with E-state index < -0.39 is 0 Å². The van der Waals surface area contributed by atoms with Crippen LogP contribution < -0.4 is 5.73 Å². The molecule has 0 aromatic carbocycles. The molecule has 0 radical (unpaired) electrons. The Kier molecular flexibility index (Phi) is 2.69. The zero-order valence-corrected chi connectivity index (χ0v) is 8.85. The van der Waals surface area contributed by atoms with Gasteiger partial charge in [-0.15, -0.1) is 11.3 Å². The summed E-state index contributed by atoms with van der Waals surface area (Å²) in [6, 6.07) is 5.19. The number of hydrogen-bond donors (Lipinski definition) is 2. The van der Waals surface area contributed by atoms with E-state index in [0.29, 0.717) is 5.15 Å². The van der Waals surface area contributed by atoms with Crippen molar-refractivity contribution in [1.29, 1.82) is 0 Å². The lowest BCUT2D eigenvalue weighted by Crippen LogP contribution is -2.12. The standard InChI is InChI=1S/C9H9ClN2OS/c10-9-2-1-7-6(12-9)3-8(14-7)5(11)4-13/h1-3,5,13H,4,11H2. The molecule has 74 valence electrons. The normalized spacial score (nSPS) is 13.4. The van der Waals surface area contributed by atoms with Crippen molar-refractivity contribution in [3.8, 4) is 0 Å². The highest BCUT2D eigenvalue weighted by Gasteiger charge is 2.09. The summed E-state index contributed by atoms with van der Waals surface area (Å²) in [4.78, 5) is 5.08. The third-order valence-electron chi connectivity index (χ3n) is 1.92. The number of thiophene rings is 1. The highest BCUT2D eigenvalue weighted by atomic mass is 35.5. The molecule has 0 spiro atoms. The van der Waals surface area contributed by atoms with Crippen molar-refractivity contribution in [3.05, 3.63) is 28.2 Å². The van der Waals surface area contributed by atoms with Gasteiger partial charge in [-0.05, 0) is 18.2 Å². The molecule has 3 nitrogen and oxygen atoms in total. The highest BCUT2D eigenvalue weighted by Crippen LogP contribution is 2.28. The Morgan fingerprint density at radius 1 is 1.57 bits per heavy atom. The zero-order chi connectivity index (χ0) is 10.1. The van der Waals surface area contributed by atoms with Crippen molar-refractivity contribution >= 4 is 33.2 Å². The summed E-state index contributed by atoms with van der Waals surface area (Å²) in [6.45, 7) is -0.0550. The number of aromatic nitrogens is 1. The van der Waals surface area contributed by atoms with Gasteiger partial charge in [-0.1, -0.05) is 11.6 Å². The largest absolute Gasteiger partial charge is 0.394 e. The zero-order valence-electron chi connectivity index (χ0n) is 7.27. The number of halogens is 1. The molecule has 0 amide bonds. The fourth-order valence-electron chi connectivity index (χ4n) is 1.19. The third-order valence-corrected chi connectivity index (χ3v) is 3.35. The van der Waals surface area contributed by atoms with Crippen LogP contribution >= 0.6 is 22.9 Å². The minimum absolute atomic E-state index is 0.0550. The predicted molar refractivity (Wildman–Crippen MR) is 58.6 cm³/mol. The maximum Gasteiger partial charge on any atom is 0.129 e. The summed E-state index contributed by atoms with van der Waals surface area (Å²) >= 11 is 7.29. The number of fused-ring (bicyclic) bond motifs is 1. The topological polar surface area (TPSA) is 59.1 Å². The molecule has 0 saturated carbocycles. The number of nitrogens with zero attached hydrogens (tertiary/aromatic N) is 1.